The van der Waals surface area contributed by atoms with Crippen LogP contribution in [0.25, 0.3) is 5.69 Å². The summed E-state index contributed by atoms with van der Waals surface area (Å²) in [4.78, 5) is 15.6. The molecule has 1 aromatic heterocycles. The Morgan fingerprint density at radius 1 is 1.19 bits per heavy atom. The van der Waals surface area contributed by atoms with Crippen molar-refractivity contribution >= 4 is 46.7 Å². The summed E-state index contributed by atoms with van der Waals surface area (Å²) in [6.45, 7) is 2.05. The molecule has 1 heterocycles. The van der Waals surface area contributed by atoms with Gasteiger partial charge in [0.25, 0.3) is 0 Å². The minimum Gasteiger partial charge on any atom is -0.324 e. The highest BCUT2D eigenvalue weighted by atomic mass is 35.5. The second kappa shape index (κ2) is 11.4. The molecule has 3 aromatic rings. The quantitative estimate of drug-likeness (QED) is 0.431. The lowest BCUT2D eigenvalue weighted by Crippen LogP contribution is -2.21. The van der Waals surface area contributed by atoms with Gasteiger partial charge in [-0.25, -0.2) is 0 Å². The Kier molecular flexibility index (Phi) is 8.59. The van der Waals surface area contributed by atoms with Gasteiger partial charge in [0.2, 0.25) is 5.91 Å². The molecule has 3 rings (SSSR count). The van der Waals surface area contributed by atoms with Crippen molar-refractivity contribution in [3.63, 3.8) is 0 Å². The number of amides is 1. The number of nitriles is 1. The van der Waals surface area contributed by atoms with Crippen molar-refractivity contribution in [3.05, 3.63) is 59.4 Å². The van der Waals surface area contributed by atoms with E-state index in [1.807, 2.05) is 79.0 Å². The minimum atomic E-state index is -0.159. The van der Waals surface area contributed by atoms with Gasteiger partial charge >= 0.3 is 0 Å². The van der Waals surface area contributed by atoms with Crippen molar-refractivity contribution in [3.8, 4) is 11.8 Å². The number of halogens is 1. The first kappa shape index (κ1) is 24.1. The van der Waals surface area contributed by atoms with Crippen LogP contribution in [0.1, 0.15) is 18.8 Å². The number of thioether (sulfide) groups is 2. The Morgan fingerprint density at radius 2 is 1.91 bits per heavy atom. The number of benzene rings is 2. The average Bonchev–Trinajstić information content (AvgIpc) is 3.21. The molecule has 0 bridgehead atoms. The summed E-state index contributed by atoms with van der Waals surface area (Å²) in [7, 11) is 3.96. The first-order valence-corrected chi connectivity index (χ1v) is 12.1. The van der Waals surface area contributed by atoms with Crippen molar-refractivity contribution in [2.75, 3.05) is 30.9 Å². The van der Waals surface area contributed by atoms with E-state index >= 15 is 0 Å². The summed E-state index contributed by atoms with van der Waals surface area (Å²) in [5, 5.41) is 21.8. The Morgan fingerprint density at radius 3 is 2.59 bits per heavy atom. The zero-order chi connectivity index (χ0) is 23.1. The Labute approximate surface area is 201 Å². The van der Waals surface area contributed by atoms with E-state index in [1.165, 1.54) is 23.5 Å². The van der Waals surface area contributed by atoms with Crippen LogP contribution in [0, 0.1) is 11.3 Å². The van der Waals surface area contributed by atoms with Gasteiger partial charge in [0.05, 0.1) is 29.3 Å². The van der Waals surface area contributed by atoms with Crippen molar-refractivity contribution < 1.29 is 4.79 Å². The van der Waals surface area contributed by atoms with E-state index in [0.29, 0.717) is 21.6 Å². The molecule has 0 aliphatic carbocycles. The van der Waals surface area contributed by atoms with E-state index in [2.05, 4.69) is 21.6 Å². The molecule has 1 atom stereocenters. The maximum atomic E-state index is 12.7. The van der Waals surface area contributed by atoms with Gasteiger partial charge in [-0.2, -0.15) is 5.26 Å². The van der Waals surface area contributed by atoms with Crippen LogP contribution in [0.15, 0.2) is 58.6 Å². The van der Waals surface area contributed by atoms with Crippen molar-refractivity contribution in [1.82, 2.24) is 19.7 Å². The molecule has 0 fully saturated rings. The van der Waals surface area contributed by atoms with Crippen molar-refractivity contribution in [2.45, 2.75) is 23.0 Å². The number of carbonyl (C=O) groups is 1. The summed E-state index contributed by atoms with van der Waals surface area (Å²) in [6.07, 6.45) is 0. The second-order valence-electron chi connectivity index (χ2n) is 7.07. The third-order valence-corrected chi connectivity index (χ3v) is 6.80. The summed E-state index contributed by atoms with van der Waals surface area (Å²) >= 11 is 8.77. The molecular weight excluding hydrogens is 464 g/mol. The molecule has 0 aliphatic heterocycles. The van der Waals surface area contributed by atoms with Gasteiger partial charge in [0.15, 0.2) is 11.0 Å². The van der Waals surface area contributed by atoms with Gasteiger partial charge in [-0.05, 0) is 57.4 Å². The average molecular weight is 487 g/mol. The maximum Gasteiger partial charge on any atom is 0.234 e. The zero-order valence-corrected chi connectivity index (χ0v) is 20.3. The van der Waals surface area contributed by atoms with Crippen LogP contribution in [0.2, 0.25) is 5.02 Å². The molecule has 166 valence electrons. The van der Waals surface area contributed by atoms with E-state index in [0.717, 1.165) is 16.4 Å². The maximum absolute atomic E-state index is 12.7. The zero-order valence-electron chi connectivity index (χ0n) is 17.9. The molecule has 1 N–H and O–H groups in total. The lowest BCUT2D eigenvalue weighted by molar-refractivity contribution is -0.113. The molecule has 0 aliphatic rings. The van der Waals surface area contributed by atoms with E-state index in [9.17, 15) is 4.79 Å². The van der Waals surface area contributed by atoms with E-state index < -0.39 is 0 Å². The smallest absolute Gasteiger partial charge is 0.234 e. The largest absolute Gasteiger partial charge is 0.324 e. The van der Waals surface area contributed by atoms with Crippen LogP contribution in [0.4, 0.5) is 5.69 Å². The first-order chi connectivity index (χ1) is 15.4. The van der Waals surface area contributed by atoms with Crippen LogP contribution >= 0.6 is 35.1 Å². The summed E-state index contributed by atoms with van der Waals surface area (Å²) in [5.74, 6) is 1.10. The van der Waals surface area contributed by atoms with Gasteiger partial charge in [-0.1, -0.05) is 35.5 Å². The lowest BCUT2D eigenvalue weighted by Gasteiger charge is -2.20. The predicted molar refractivity (Wildman–Crippen MR) is 131 cm³/mol. The van der Waals surface area contributed by atoms with E-state index in [1.54, 1.807) is 0 Å². The molecule has 1 unspecified atom stereocenters. The molecule has 2 aromatic carbocycles. The molecule has 10 heteroatoms. The summed E-state index contributed by atoms with van der Waals surface area (Å²) in [5.41, 5.74) is 1.57. The topological polar surface area (TPSA) is 86.8 Å². The number of para-hydroxylation sites is 1. The van der Waals surface area contributed by atoms with Crippen LogP contribution in [0.5, 0.6) is 0 Å². The lowest BCUT2D eigenvalue weighted by atomic mass is 10.2. The molecule has 0 saturated carbocycles. The number of anilines is 1. The first-order valence-electron chi connectivity index (χ1n) is 9.79. The number of nitrogens with zero attached hydrogens (tertiary/aromatic N) is 5. The molecule has 0 spiro atoms. The minimum absolute atomic E-state index is 0.0189. The van der Waals surface area contributed by atoms with Crippen molar-refractivity contribution in [1.29, 1.82) is 5.26 Å². The van der Waals surface area contributed by atoms with Gasteiger partial charge in [-0.3, -0.25) is 14.3 Å². The van der Waals surface area contributed by atoms with Gasteiger partial charge in [0.1, 0.15) is 0 Å². The molecule has 0 saturated heterocycles. The van der Waals surface area contributed by atoms with Crippen molar-refractivity contribution in [2.24, 2.45) is 0 Å². The van der Waals surface area contributed by atoms with Crippen LogP contribution in [0.3, 0.4) is 0 Å². The normalized spacial score (nSPS) is 11.9. The number of nitrogens with one attached hydrogen (secondary N) is 1. The van der Waals surface area contributed by atoms with E-state index in [4.69, 9.17) is 16.9 Å². The molecule has 0 radical (unpaired) electrons. The second-order valence-corrected chi connectivity index (χ2v) is 9.47. The Balaban J connectivity index is 1.79. The predicted octanol–water partition coefficient (Wildman–Crippen LogP) is 4.89. The number of hydrogen-bond acceptors (Lipinski definition) is 7. The van der Waals surface area contributed by atoms with Gasteiger partial charge in [-0.15, -0.1) is 22.0 Å². The number of aromatic nitrogens is 3. The molecule has 1 amide bonds. The van der Waals surface area contributed by atoms with Gasteiger partial charge in [0, 0.05) is 15.6 Å². The van der Waals surface area contributed by atoms with Crippen LogP contribution in [-0.4, -0.2) is 51.2 Å². The van der Waals surface area contributed by atoms with E-state index in [-0.39, 0.29) is 17.7 Å². The third kappa shape index (κ3) is 6.04. The molecule has 32 heavy (non-hydrogen) atoms. The Hall–Kier alpha value is -2.51. The monoisotopic (exact) mass is 486 g/mol. The highest BCUT2D eigenvalue weighted by molar-refractivity contribution is 8.00. The summed E-state index contributed by atoms with van der Waals surface area (Å²) in [6, 6.07) is 17.0. The third-order valence-electron chi connectivity index (χ3n) is 4.68. The fourth-order valence-electron chi connectivity index (χ4n) is 2.83. The number of carbonyl (C=O) groups excluding carboxylic acids is 1. The number of rotatable bonds is 9. The summed E-state index contributed by atoms with van der Waals surface area (Å²) < 4.78 is 1.95. The van der Waals surface area contributed by atoms with Crippen LogP contribution < -0.4 is 5.32 Å². The van der Waals surface area contributed by atoms with Gasteiger partial charge < -0.3 is 5.32 Å². The van der Waals surface area contributed by atoms with Crippen LogP contribution in [-0.2, 0) is 4.79 Å². The fraction of sp³-hybridized carbons (Fsp3) is 0.273. The standard InChI is InChI=1S/C22H23ClN6OS2/c1-15(28(2)3)21-26-27-22(29(21)17-10-8-16(23)9-11-17)32-14-20(30)25-18-6-4-5-7-19(18)31-13-12-24/h4-11,15H,13-14H2,1-3H3,(H,25,30). The highest BCUT2D eigenvalue weighted by Crippen LogP contribution is 2.29. The SMILES string of the molecule is CC(c1nnc(SCC(=O)Nc2ccccc2SCC#N)n1-c1ccc(Cl)cc1)N(C)C. The Bertz CT molecular complexity index is 1110. The highest BCUT2D eigenvalue weighted by Gasteiger charge is 2.21. The molecular formula is C22H23ClN6OS2. The fourth-order valence-corrected chi connectivity index (χ4v) is 4.39. The number of hydrogen-bond donors (Lipinski definition) is 1. The molecule has 7 nitrogen and oxygen atoms in total.